The summed E-state index contributed by atoms with van der Waals surface area (Å²) in [6.07, 6.45) is 4.78. The first-order chi connectivity index (χ1) is 8.29. The minimum Gasteiger partial charge on any atom is -0.389 e. The van der Waals surface area contributed by atoms with Crippen molar-refractivity contribution in [2.75, 3.05) is 6.61 Å². The Hall–Kier alpha value is -2.00. The summed E-state index contributed by atoms with van der Waals surface area (Å²) in [5.74, 6) is -0.540. The van der Waals surface area contributed by atoms with Crippen LogP contribution >= 0.6 is 0 Å². The van der Waals surface area contributed by atoms with E-state index in [1.807, 2.05) is 36.4 Å². The van der Waals surface area contributed by atoms with Crippen LogP contribution in [0.5, 0.6) is 0 Å². The van der Waals surface area contributed by atoms with Gasteiger partial charge in [-0.3, -0.25) is 4.98 Å². The number of rotatable bonds is 3. The zero-order valence-corrected chi connectivity index (χ0v) is 9.18. The van der Waals surface area contributed by atoms with E-state index in [4.69, 9.17) is 5.11 Å². The number of aromatic nitrogens is 1. The van der Waals surface area contributed by atoms with E-state index in [2.05, 4.69) is 4.98 Å². The summed E-state index contributed by atoms with van der Waals surface area (Å²) >= 11 is 0. The predicted molar refractivity (Wildman–Crippen MR) is 65.8 cm³/mol. The van der Waals surface area contributed by atoms with Crippen LogP contribution in [0.2, 0.25) is 0 Å². The molecule has 0 spiro atoms. The van der Waals surface area contributed by atoms with Crippen LogP contribution < -0.4 is 0 Å². The molecule has 3 heteroatoms. The van der Waals surface area contributed by atoms with Crippen molar-refractivity contribution in [3.05, 3.63) is 60.2 Å². The van der Waals surface area contributed by atoms with Crippen molar-refractivity contribution in [2.24, 2.45) is 0 Å². The van der Waals surface area contributed by atoms with Gasteiger partial charge >= 0.3 is 0 Å². The summed E-state index contributed by atoms with van der Waals surface area (Å²) < 4.78 is 12.8. The molecule has 0 fully saturated rings. The summed E-state index contributed by atoms with van der Waals surface area (Å²) in [5, 5.41) is 8.58. The minimum atomic E-state index is -0.563. The molecule has 1 aromatic carbocycles. The highest BCUT2D eigenvalue weighted by Gasteiger charge is 1.97. The molecule has 0 aliphatic heterocycles. The van der Waals surface area contributed by atoms with Crippen molar-refractivity contribution in [1.29, 1.82) is 0 Å². The largest absolute Gasteiger partial charge is 0.389 e. The third-order valence-corrected chi connectivity index (χ3v) is 2.40. The van der Waals surface area contributed by atoms with Gasteiger partial charge in [0.15, 0.2) is 0 Å². The van der Waals surface area contributed by atoms with Crippen molar-refractivity contribution < 1.29 is 9.50 Å². The van der Waals surface area contributed by atoms with Crippen LogP contribution in [0.15, 0.2) is 54.6 Å². The molecule has 2 rings (SSSR count). The number of hydrogen-bond acceptors (Lipinski definition) is 2. The summed E-state index contributed by atoms with van der Waals surface area (Å²) in [6.45, 7) is -0.563. The quantitative estimate of drug-likeness (QED) is 0.877. The van der Waals surface area contributed by atoms with Crippen molar-refractivity contribution in [3.63, 3.8) is 0 Å². The van der Waals surface area contributed by atoms with Crippen LogP contribution in [-0.2, 0) is 0 Å². The molecule has 0 saturated carbocycles. The van der Waals surface area contributed by atoms with E-state index in [-0.39, 0.29) is 0 Å². The third kappa shape index (κ3) is 2.98. The third-order valence-electron chi connectivity index (χ3n) is 2.40. The standard InChI is InChI=1S/C14H12FNO/c15-14(10-17)9-11-1-3-12(4-2-11)13-5-7-16-8-6-13/h1-9,17H,10H2/b14-9-. The molecule has 0 unspecified atom stereocenters. The second kappa shape index (κ2) is 5.37. The van der Waals surface area contributed by atoms with Gasteiger partial charge in [-0.2, -0.15) is 0 Å². The molecule has 2 aromatic rings. The molecule has 0 aliphatic carbocycles. The van der Waals surface area contributed by atoms with Gasteiger partial charge in [-0.25, -0.2) is 4.39 Å². The normalized spacial score (nSPS) is 11.5. The number of aliphatic hydroxyl groups is 1. The van der Waals surface area contributed by atoms with Gasteiger partial charge in [0.25, 0.3) is 0 Å². The number of pyridine rings is 1. The fourth-order valence-electron chi connectivity index (χ4n) is 1.54. The van der Waals surface area contributed by atoms with Crippen LogP contribution in [0.4, 0.5) is 4.39 Å². The summed E-state index contributed by atoms with van der Waals surface area (Å²) in [6, 6.07) is 11.3. The Bertz CT molecular complexity index is 506. The van der Waals surface area contributed by atoms with E-state index < -0.39 is 12.4 Å². The molecule has 1 aromatic heterocycles. The highest BCUT2D eigenvalue weighted by molar-refractivity contribution is 5.65. The lowest BCUT2D eigenvalue weighted by molar-refractivity contribution is 0.300. The van der Waals surface area contributed by atoms with Gasteiger partial charge in [-0.05, 0) is 34.9 Å². The van der Waals surface area contributed by atoms with Gasteiger partial charge in [-0.15, -0.1) is 0 Å². The van der Waals surface area contributed by atoms with Gasteiger partial charge in [0.05, 0.1) is 6.61 Å². The molecule has 17 heavy (non-hydrogen) atoms. The van der Waals surface area contributed by atoms with E-state index in [1.54, 1.807) is 12.4 Å². The van der Waals surface area contributed by atoms with E-state index in [0.29, 0.717) is 0 Å². The zero-order valence-electron chi connectivity index (χ0n) is 9.18. The molecular formula is C14H12FNO. The number of hydrogen-bond donors (Lipinski definition) is 1. The molecular weight excluding hydrogens is 217 g/mol. The van der Waals surface area contributed by atoms with Gasteiger partial charge in [0.1, 0.15) is 5.83 Å². The maximum Gasteiger partial charge on any atom is 0.126 e. The number of aliphatic hydroxyl groups excluding tert-OH is 1. The molecule has 0 amide bonds. The monoisotopic (exact) mass is 229 g/mol. The molecule has 2 nitrogen and oxygen atoms in total. The van der Waals surface area contributed by atoms with Crippen molar-refractivity contribution in [1.82, 2.24) is 4.98 Å². The smallest absolute Gasteiger partial charge is 0.126 e. The molecule has 0 bridgehead atoms. The van der Waals surface area contributed by atoms with Gasteiger partial charge < -0.3 is 5.11 Å². The SMILES string of the molecule is OC/C(F)=C/c1ccc(-c2ccncc2)cc1. The van der Waals surface area contributed by atoms with Gasteiger partial charge in [0.2, 0.25) is 0 Å². The summed E-state index contributed by atoms with van der Waals surface area (Å²) in [4.78, 5) is 3.95. The Morgan fingerprint density at radius 1 is 1.06 bits per heavy atom. The van der Waals surface area contributed by atoms with Crippen molar-refractivity contribution >= 4 is 6.08 Å². The fraction of sp³-hybridized carbons (Fsp3) is 0.0714. The molecule has 0 aliphatic rings. The first-order valence-corrected chi connectivity index (χ1v) is 5.27. The van der Waals surface area contributed by atoms with Crippen molar-refractivity contribution in [2.45, 2.75) is 0 Å². The highest BCUT2D eigenvalue weighted by Crippen LogP contribution is 2.19. The predicted octanol–water partition coefficient (Wildman–Crippen LogP) is 3.05. The molecule has 1 heterocycles. The van der Waals surface area contributed by atoms with Crippen LogP contribution in [0, 0.1) is 0 Å². The fourth-order valence-corrected chi connectivity index (χ4v) is 1.54. The zero-order chi connectivity index (χ0) is 12.1. The molecule has 86 valence electrons. The van der Waals surface area contributed by atoms with E-state index in [0.717, 1.165) is 16.7 Å². The molecule has 0 atom stereocenters. The van der Waals surface area contributed by atoms with E-state index >= 15 is 0 Å². The van der Waals surface area contributed by atoms with Crippen molar-refractivity contribution in [3.8, 4) is 11.1 Å². The molecule has 0 radical (unpaired) electrons. The number of halogens is 1. The Morgan fingerprint density at radius 2 is 1.65 bits per heavy atom. The highest BCUT2D eigenvalue weighted by atomic mass is 19.1. The number of nitrogens with zero attached hydrogens (tertiary/aromatic N) is 1. The maximum absolute atomic E-state index is 12.8. The first-order valence-electron chi connectivity index (χ1n) is 5.27. The Morgan fingerprint density at radius 3 is 2.24 bits per heavy atom. The maximum atomic E-state index is 12.8. The number of benzene rings is 1. The lowest BCUT2D eigenvalue weighted by Crippen LogP contribution is -1.83. The first kappa shape index (κ1) is 11.5. The second-order valence-electron chi connectivity index (χ2n) is 3.61. The Kier molecular flexibility index (Phi) is 3.62. The van der Waals surface area contributed by atoms with Crippen LogP contribution in [0.25, 0.3) is 17.2 Å². The van der Waals surface area contributed by atoms with Crippen LogP contribution in [0.1, 0.15) is 5.56 Å². The van der Waals surface area contributed by atoms with E-state index in [9.17, 15) is 4.39 Å². The Labute approximate surface area is 99.1 Å². The Balaban J connectivity index is 2.25. The van der Waals surface area contributed by atoms with E-state index in [1.165, 1.54) is 6.08 Å². The van der Waals surface area contributed by atoms with Crippen LogP contribution in [0.3, 0.4) is 0 Å². The summed E-state index contributed by atoms with van der Waals surface area (Å²) in [7, 11) is 0. The lowest BCUT2D eigenvalue weighted by atomic mass is 10.1. The molecule has 1 N–H and O–H groups in total. The second-order valence-corrected chi connectivity index (χ2v) is 3.61. The van der Waals surface area contributed by atoms with Gasteiger partial charge in [0, 0.05) is 12.4 Å². The topological polar surface area (TPSA) is 33.1 Å². The molecule has 0 saturated heterocycles. The average molecular weight is 229 g/mol. The average Bonchev–Trinajstić information content (AvgIpc) is 2.40. The summed E-state index contributed by atoms with van der Waals surface area (Å²) in [5.41, 5.74) is 2.85. The van der Waals surface area contributed by atoms with Gasteiger partial charge in [-0.1, -0.05) is 24.3 Å². The minimum absolute atomic E-state index is 0.540. The van der Waals surface area contributed by atoms with Crippen LogP contribution in [-0.4, -0.2) is 16.7 Å². The lowest BCUT2D eigenvalue weighted by Gasteiger charge is -2.01.